The predicted molar refractivity (Wildman–Crippen MR) is 119 cm³/mol. The number of halogens is 2. The number of aliphatic carboxylic acids is 1. The first kappa shape index (κ1) is 21.4. The van der Waals surface area contributed by atoms with Gasteiger partial charge < -0.3 is 15.6 Å². The van der Waals surface area contributed by atoms with E-state index in [0.717, 1.165) is 22.3 Å². The van der Waals surface area contributed by atoms with Gasteiger partial charge in [-0.05, 0) is 33.9 Å². The number of ether oxygens (including phenoxy) is 1. The molecule has 0 saturated carbocycles. The maximum absolute atomic E-state index is 12.8. The van der Waals surface area contributed by atoms with Crippen molar-refractivity contribution in [3.8, 4) is 11.1 Å². The topological polar surface area (TPSA) is 89.6 Å². The van der Waals surface area contributed by atoms with Crippen LogP contribution in [0, 0.1) is 5.92 Å². The van der Waals surface area contributed by atoms with E-state index in [1.807, 2.05) is 48.5 Å². The average Bonchev–Trinajstić information content (AvgIpc) is 3.08. The summed E-state index contributed by atoms with van der Waals surface area (Å²) in [5.74, 6) is -4.11. The molecule has 1 unspecified atom stereocenters. The SMILES string of the molecule is NC(c1cccc(Cl)c1Cl)[C@@H](C(=O)O)C(=O)OCC1c2ccccc2-c2ccccc21. The van der Waals surface area contributed by atoms with Gasteiger partial charge in [0, 0.05) is 5.92 Å². The lowest BCUT2D eigenvalue weighted by atomic mass is 9.93. The number of esters is 1. The highest BCUT2D eigenvalue weighted by Crippen LogP contribution is 2.44. The number of carbonyl (C=O) groups excluding carboxylic acids is 1. The van der Waals surface area contributed by atoms with E-state index in [-0.39, 0.29) is 28.1 Å². The average molecular weight is 456 g/mol. The number of carboxylic acid groups (broad SMARTS) is 1. The molecule has 5 nitrogen and oxygen atoms in total. The van der Waals surface area contributed by atoms with Crippen LogP contribution in [0.25, 0.3) is 11.1 Å². The number of hydrogen-bond acceptors (Lipinski definition) is 4. The van der Waals surface area contributed by atoms with Crippen LogP contribution < -0.4 is 5.73 Å². The molecule has 3 aromatic rings. The maximum atomic E-state index is 12.8. The standard InChI is InChI=1S/C24H19Cl2NO4/c25-19-11-5-10-17(21(19)26)22(27)20(23(28)29)24(30)31-12-18-15-8-3-1-6-13(15)14-7-2-4-9-16(14)18/h1-11,18,20,22H,12,27H2,(H,28,29)/t20-,22?/m0/s1. The molecule has 1 aliphatic carbocycles. The third-order valence-electron chi connectivity index (χ3n) is 5.57. The van der Waals surface area contributed by atoms with Gasteiger partial charge in [-0.15, -0.1) is 0 Å². The van der Waals surface area contributed by atoms with Crippen LogP contribution in [0.15, 0.2) is 66.7 Å². The fraction of sp³-hybridized carbons (Fsp3) is 0.167. The van der Waals surface area contributed by atoms with Gasteiger partial charge >= 0.3 is 11.9 Å². The first-order valence-electron chi connectivity index (χ1n) is 9.67. The number of hydrogen-bond donors (Lipinski definition) is 2. The van der Waals surface area contributed by atoms with Gasteiger partial charge in [-0.1, -0.05) is 83.9 Å². The van der Waals surface area contributed by atoms with E-state index in [2.05, 4.69) is 0 Å². The second kappa shape index (κ2) is 8.71. The van der Waals surface area contributed by atoms with Crippen molar-refractivity contribution in [3.63, 3.8) is 0 Å². The first-order chi connectivity index (χ1) is 14.9. The van der Waals surface area contributed by atoms with Crippen LogP contribution in [0.1, 0.15) is 28.7 Å². The van der Waals surface area contributed by atoms with E-state index in [0.29, 0.717) is 0 Å². The number of benzene rings is 3. The minimum absolute atomic E-state index is 0.00659. The smallest absolute Gasteiger partial charge is 0.322 e. The van der Waals surface area contributed by atoms with E-state index in [4.69, 9.17) is 33.7 Å². The molecule has 0 aromatic heterocycles. The molecule has 7 heteroatoms. The monoisotopic (exact) mass is 455 g/mol. The summed E-state index contributed by atoms with van der Waals surface area (Å²) in [5.41, 5.74) is 10.6. The van der Waals surface area contributed by atoms with E-state index < -0.39 is 23.9 Å². The van der Waals surface area contributed by atoms with Crippen LogP contribution in [0.2, 0.25) is 10.0 Å². The highest BCUT2D eigenvalue weighted by Gasteiger charge is 2.37. The van der Waals surface area contributed by atoms with Crippen molar-refractivity contribution in [2.75, 3.05) is 6.61 Å². The van der Waals surface area contributed by atoms with Crippen LogP contribution in [-0.4, -0.2) is 23.7 Å². The Bertz CT molecular complexity index is 1120. The fourth-order valence-corrected chi connectivity index (χ4v) is 4.49. The fourth-order valence-electron chi connectivity index (χ4n) is 4.05. The lowest BCUT2D eigenvalue weighted by Gasteiger charge is -2.22. The van der Waals surface area contributed by atoms with Gasteiger partial charge in [0.05, 0.1) is 16.1 Å². The second-order valence-corrected chi connectivity index (χ2v) is 8.13. The Labute approximate surface area is 189 Å². The van der Waals surface area contributed by atoms with Gasteiger partial charge in [0.15, 0.2) is 5.92 Å². The quantitative estimate of drug-likeness (QED) is 0.400. The van der Waals surface area contributed by atoms with Gasteiger partial charge in [0.2, 0.25) is 0 Å². The molecule has 0 amide bonds. The molecule has 0 bridgehead atoms. The third-order valence-corrected chi connectivity index (χ3v) is 6.41. The molecule has 3 aromatic carbocycles. The van der Waals surface area contributed by atoms with Crippen molar-refractivity contribution in [1.82, 2.24) is 0 Å². The maximum Gasteiger partial charge on any atom is 0.322 e. The van der Waals surface area contributed by atoms with Crippen molar-refractivity contribution in [3.05, 3.63) is 93.5 Å². The van der Waals surface area contributed by atoms with Crippen LogP contribution in [0.3, 0.4) is 0 Å². The van der Waals surface area contributed by atoms with E-state index in [1.165, 1.54) is 0 Å². The first-order valence-corrected chi connectivity index (χ1v) is 10.4. The van der Waals surface area contributed by atoms with Crippen LogP contribution in [-0.2, 0) is 14.3 Å². The molecule has 2 atom stereocenters. The van der Waals surface area contributed by atoms with Crippen molar-refractivity contribution in [1.29, 1.82) is 0 Å². The summed E-state index contributed by atoms with van der Waals surface area (Å²) in [6, 6.07) is 19.3. The number of carboxylic acids is 1. The predicted octanol–water partition coefficient (Wildman–Crippen LogP) is 5.05. The molecule has 158 valence electrons. The zero-order valence-electron chi connectivity index (χ0n) is 16.3. The molecule has 31 heavy (non-hydrogen) atoms. The summed E-state index contributed by atoms with van der Waals surface area (Å²) >= 11 is 12.2. The molecule has 4 rings (SSSR count). The molecule has 0 spiro atoms. The van der Waals surface area contributed by atoms with Crippen molar-refractivity contribution in [2.24, 2.45) is 11.7 Å². The third kappa shape index (κ3) is 3.92. The van der Waals surface area contributed by atoms with Gasteiger partial charge in [0.25, 0.3) is 0 Å². The van der Waals surface area contributed by atoms with Crippen molar-refractivity contribution >= 4 is 35.1 Å². The Morgan fingerprint density at radius 3 is 2.10 bits per heavy atom. The Morgan fingerprint density at radius 2 is 1.52 bits per heavy atom. The van der Waals surface area contributed by atoms with E-state index >= 15 is 0 Å². The van der Waals surface area contributed by atoms with Gasteiger partial charge in [-0.2, -0.15) is 0 Å². The lowest BCUT2D eigenvalue weighted by molar-refractivity contribution is -0.160. The van der Waals surface area contributed by atoms with E-state index in [1.54, 1.807) is 18.2 Å². The Kier molecular flexibility index (Phi) is 6.01. The van der Waals surface area contributed by atoms with Crippen molar-refractivity contribution < 1.29 is 19.4 Å². The molecule has 3 N–H and O–H groups in total. The van der Waals surface area contributed by atoms with Crippen LogP contribution in [0.5, 0.6) is 0 Å². The summed E-state index contributed by atoms with van der Waals surface area (Å²) < 4.78 is 5.50. The summed E-state index contributed by atoms with van der Waals surface area (Å²) in [5, 5.41) is 10.0. The van der Waals surface area contributed by atoms with Crippen LogP contribution in [0.4, 0.5) is 0 Å². The second-order valence-electron chi connectivity index (χ2n) is 7.34. The largest absolute Gasteiger partial charge is 0.481 e. The zero-order valence-corrected chi connectivity index (χ0v) is 17.8. The summed E-state index contributed by atoms with van der Waals surface area (Å²) in [7, 11) is 0. The number of fused-ring (bicyclic) bond motifs is 3. The lowest BCUT2D eigenvalue weighted by Crippen LogP contribution is -2.36. The highest BCUT2D eigenvalue weighted by atomic mass is 35.5. The number of carbonyl (C=O) groups is 2. The molecule has 0 fully saturated rings. The minimum atomic E-state index is -1.62. The molecule has 0 heterocycles. The van der Waals surface area contributed by atoms with Crippen molar-refractivity contribution in [2.45, 2.75) is 12.0 Å². The molecular formula is C24H19Cl2NO4. The molecule has 0 saturated heterocycles. The summed E-state index contributed by atoms with van der Waals surface area (Å²) in [6.07, 6.45) is 0. The number of nitrogens with two attached hydrogens (primary N) is 1. The molecular weight excluding hydrogens is 437 g/mol. The number of rotatable bonds is 6. The Balaban J connectivity index is 1.57. The summed E-state index contributed by atoms with van der Waals surface area (Å²) in [6.45, 7) is 0.00659. The minimum Gasteiger partial charge on any atom is -0.481 e. The van der Waals surface area contributed by atoms with Gasteiger partial charge in [-0.3, -0.25) is 9.59 Å². The molecule has 0 aliphatic heterocycles. The van der Waals surface area contributed by atoms with E-state index in [9.17, 15) is 14.7 Å². The van der Waals surface area contributed by atoms with Gasteiger partial charge in [0.1, 0.15) is 6.61 Å². The Hall–Kier alpha value is -2.86. The summed E-state index contributed by atoms with van der Waals surface area (Å²) in [4.78, 5) is 24.7. The van der Waals surface area contributed by atoms with Gasteiger partial charge in [-0.25, -0.2) is 0 Å². The molecule has 1 aliphatic rings. The van der Waals surface area contributed by atoms with Crippen LogP contribution >= 0.6 is 23.2 Å². The zero-order chi connectivity index (χ0) is 22.1. The Morgan fingerprint density at radius 1 is 0.935 bits per heavy atom. The highest BCUT2D eigenvalue weighted by molar-refractivity contribution is 6.42. The normalized spacial score (nSPS) is 14.4. The molecule has 0 radical (unpaired) electrons.